The van der Waals surface area contributed by atoms with Gasteiger partial charge < -0.3 is 14.6 Å². The van der Waals surface area contributed by atoms with Crippen molar-refractivity contribution >= 4 is 16.6 Å². The molecule has 2 aromatic rings. The number of hydrogen-bond acceptors (Lipinski definition) is 3. The van der Waals surface area contributed by atoms with E-state index in [0.717, 1.165) is 11.0 Å². The molecule has 0 saturated heterocycles. The van der Waals surface area contributed by atoms with Gasteiger partial charge in [-0.15, -0.1) is 0 Å². The second kappa shape index (κ2) is 5.39. The van der Waals surface area contributed by atoms with E-state index in [1.54, 1.807) is 0 Å². The molecule has 0 unspecified atom stereocenters. The lowest BCUT2D eigenvalue weighted by Gasteiger charge is -2.32. The summed E-state index contributed by atoms with van der Waals surface area (Å²) < 4.78 is 69.5. The lowest BCUT2D eigenvalue weighted by Crippen LogP contribution is -2.39. The fourth-order valence-electron chi connectivity index (χ4n) is 2.61. The number of anilines is 1. The Morgan fingerprint density at radius 3 is 2.65 bits per heavy atom. The van der Waals surface area contributed by atoms with Gasteiger partial charge in [-0.25, -0.2) is 8.78 Å². The number of ether oxygens (including phenoxy) is 1. The van der Waals surface area contributed by atoms with Crippen molar-refractivity contribution in [3.63, 3.8) is 0 Å². The van der Waals surface area contributed by atoms with Crippen LogP contribution in [0.15, 0.2) is 23.0 Å². The number of rotatable bonds is 2. The molecular formula is C14H11F5N2O2. The van der Waals surface area contributed by atoms with E-state index in [4.69, 9.17) is 4.74 Å². The quantitative estimate of drug-likeness (QED) is 0.858. The first-order chi connectivity index (χ1) is 10.7. The molecule has 0 aliphatic carbocycles. The van der Waals surface area contributed by atoms with E-state index in [2.05, 4.69) is 4.98 Å². The SMILES string of the molecule is O=c1cc(C(F)F)c2cc3c(cc2[nH]1)OCCN3CC(F)(F)F. The Bertz CT molecular complexity index is 800. The van der Waals surface area contributed by atoms with Crippen LogP contribution in [0.4, 0.5) is 27.6 Å². The van der Waals surface area contributed by atoms with E-state index in [1.807, 2.05) is 0 Å². The van der Waals surface area contributed by atoms with Gasteiger partial charge in [0.05, 0.1) is 17.7 Å². The molecule has 4 nitrogen and oxygen atoms in total. The number of pyridine rings is 1. The molecule has 1 N–H and O–H groups in total. The molecular weight excluding hydrogens is 323 g/mol. The van der Waals surface area contributed by atoms with Crippen molar-refractivity contribution in [2.24, 2.45) is 0 Å². The monoisotopic (exact) mass is 334 g/mol. The predicted molar refractivity (Wildman–Crippen MR) is 73.3 cm³/mol. The van der Waals surface area contributed by atoms with Crippen molar-refractivity contribution in [3.8, 4) is 5.75 Å². The molecule has 0 saturated carbocycles. The molecule has 0 bridgehead atoms. The molecule has 0 spiro atoms. The number of fused-ring (bicyclic) bond motifs is 2. The predicted octanol–water partition coefficient (Wildman–Crippen LogP) is 3.23. The van der Waals surface area contributed by atoms with Crippen LogP contribution in [-0.4, -0.2) is 30.9 Å². The maximum atomic E-state index is 13.1. The summed E-state index contributed by atoms with van der Waals surface area (Å²) >= 11 is 0. The number of nitrogens with zero attached hydrogens (tertiary/aromatic N) is 1. The van der Waals surface area contributed by atoms with Gasteiger partial charge >= 0.3 is 6.18 Å². The summed E-state index contributed by atoms with van der Waals surface area (Å²) in [6.07, 6.45) is -7.35. The summed E-state index contributed by atoms with van der Waals surface area (Å²) in [5.41, 5.74) is -1.06. The minimum atomic E-state index is -4.43. The lowest BCUT2D eigenvalue weighted by atomic mass is 10.1. The van der Waals surface area contributed by atoms with Gasteiger partial charge in [-0.3, -0.25) is 4.79 Å². The van der Waals surface area contributed by atoms with Crippen LogP contribution in [0.3, 0.4) is 0 Å². The average molecular weight is 334 g/mol. The largest absolute Gasteiger partial charge is 0.489 e. The summed E-state index contributed by atoms with van der Waals surface area (Å²) in [5.74, 6) is 0.120. The van der Waals surface area contributed by atoms with Gasteiger partial charge in [0.15, 0.2) is 0 Å². The fraction of sp³-hybridized carbons (Fsp3) is 0.357. The summed E-state index contributed by atoms with van der Waals surface area (Å²) in [7, 11) is 0. The third kappa shape index (κ3) is 3.08. The van der Waals surface area contributed by atoms with Crippen LogP contribution in [-0.2, 0) is 0 Å². The van der Waals surface area contributed by atoms with E-state index in [1.165, 1.54) is 12.1 Å². The summed E-state index contributed by atoms with van der Waals surface area (Å²) in [4.78, 5) is 14.9. The Morgan fingerprint density at radius 1 is 1.26 bits per heavy atom. The summed E-state index contributed by atoms with van der Waals surface area (Å²) in [6, 6.07) is 3.23. The van der Waals surface area contributed by atoms with Gasteiger partial charge in [-0.05, 0) is 6.07 Å². The number of hydrogen-bond donors (Lipinski definition) is 1. The van der Waals surface area contributed by atoms with Crippen molar-refractivity contribution < 1.29 is 26.7 Å². The molecule has 0 atom stereocenters. The Hall–Kier alpha value is -2.32. The highest BCUT2D eigenvalue weighted by atomic mass is 19.4. The fourth-order valence-corrected chi connectivity index (χ4v) is 2.61. The van der Waals surface area contributed by atoms with Gasteiger partial charge in [0.2, 0.25) is 5.56 Å². The van der Waals surface area contributed by atoms with E-state index >= 15 is 0 Å². The zero-order valence-electron chi connectivity index (χ0n) is 11.6. The number of nitrogens with one attached hydrogen (secondary N) is 1. The van der Waals surface area contributed by atoms with Crippen LogP contribution in [0.5, 0.6) is 5.75 Å². The molecule has 23 heavy (non-hydrogen) atoms. The molecule has 1 aromatic heterocycles. The Morgan fingerprint density at radius 2 is 2.00 bits per heavy atom. The molecule has 2 heterocycles. The third-order valence-electron chi connectivity index (χ3n) is 3.52. The Balaban J connectivity index is 2.18. The van der Waals surface area contributed by atoms with Gasteiger partial charge in [0.25, 0.3) is 6.43 Å². The third-order valence-corrected chi connectivity index (χ3v) is 3.52. The average Bonchev–Trinajstić information content (AvgIpc) is 2.43. The molecule has 0 radical (unpaired) electrons. The number of aromatic nitrogens is 1. The maximum absolute atomic E-state index is 13.1. The summed E-state index contributed by atoms with van der Waals surface area (Å²) in [5, 5.41) is -0.00368. The molecule has 0 fully saturated rings. The summed E-state index contributed by atoms with van der Waals surface area (Å²) in [6.45, 7) is -1.18. The highest BCUT2D eigenvalue weighted by molar-refractivity contribution is 5.89. The zero-order valence-corrected chi connectivity index (χ0v) is 11.6. The van der Waals surface area contributed by atoms with Crippen molar-refractivity contribution in [1.29, 1.82) is 0 Å². The molecule has 1 aromatic carbocycles. The van der Waals surface area contributed by atoms with Crippen molar-refractivity contribution in [1.82, 2.24) is 4.98 Å². The lowest BCUT2D eigenvalue weighted by molar-refractivity contribution is -0.120. The first-order valence-electron chi connectivity index (χ1n) is 6.68. The Labute approximate surface area is 126 Å². The minimum Gasteiger partial charge on any atom is -0.489 e. The van der Waals surface area contributed by atoms with E-state index < -0.39 is 30.3 Å². The van der Waals surface area contributed by atoms with Gasteiger partial charge in [-0.2, -0.15) is 13.2 Å². The molecule has 3 rings (SSSR count). The van der Waals surface area contributed by atoms with Gasteiger partial charge in [0.1, 0.15) is 18.9 Å². The zero-order chi connectivity index (χ0) is 16.8. The van der Waals surface area contributed by atoms with Crippen LogP contribution in [0.2, 0.25) is 0 Å². The van der Waals surface area contributed by atoms with E-state index in [9.17, 15) is 26.7 Å². The number of H-pyrrole nitrogens is 1. The topological polar surface area (TPSA) is 45.3 Å². The first-order valence-corrected chi connectivity index (χ1v) is 6.68. The highest BCUT2D eigenvalue weighted by Gasteiger charge is 2.33. The second-order valence-electron chi connectivity index (χ2n) is 5.14. The normalized spacial score (nSPS) is 15.0. The van der Waals surface area contributed by atoms with Gasteiger partial charge in [0, 0.05) is 23.1 Å². The number of halogens is 5. The van der Waals surface area contributed by atoms with Crippen molar-refractivity contribution in [2.45, 2.75) is 12.6 Å². The Kier molecular flexibility index (Phi) is 3.65. The van der Waals surface area contributed by atoms with Gasteiger partial charge in [-0.1, -0.05) is 0 Å². The number of alkyl halides is 5. The number of aromatic amines is 1. The van der Waals surface area contributed by atoms with Crippen LogP contribution < -0.4 is 15.2 Å². The highest BCUT2D eigenvalue weighted by Crippen LogP contribution is 2.38. The first kappa shape index (κ1) is 15.6. The van der Waals surface area contributed by atoms with Crippen LogP contribution in [0, 0.1) is 0 Å². The van der Waals surface area contributed by atoms with Crippen molar-refractivity contribution in [3.05, 3.63) is 34.1 Å². The van der Waals surface area contributed by atoms with E-state index in [-0.39, 0.29) is 35.5 Å². The maximum Gasteiger partial charge on any atom is 0.405 e. The number of benzene rings is 1. The standard InChI is InChI=1S/C14H11F5N2O2/c15-13(16)8-4-12(22)20-9-5-11-10(3-7(8)9)21(1-2-23-11)6-14(17,18)19/h3-5,13H,1-2,6H2,(H,20,22). The second-order valence-corrected chi connectivity index (χ2v) is 5.14. The molecule has 1 aliphatic rings. The minimum absolute atomic E-state index is 0.00368. The van der Waals surface area contributed by atoms with Crippen molar-refractivity contribution in [2.75, 3.05) is 24.6 Å². The van der Waals surface area contributed by atoms with Crippen LogP contribution >= 0.6 is 0 Å². The molecule has 1 aliphatic heterocycles. The smallest absolute Gasteiger partial charge is 0.405 e. The van der Waals surface area contributed by atoms with Crippen LogP contribution in [0.1, 0.15) is 12.0 Å². The van der Waals surface area contributed by atoms with Crippen LogP contribution in [0.25, 0.3) is 10.9 Å². The van der Waals surface area contributed by atoms with E-state index in [0.29, 0.717) is 0 Å². The molecule has 9 heteroatoms. The molecule has 124 valence electrons. The molecule has 0 amide bonds.